The first kappa shape index (κ1) is 16.6. The predicted molar refractivity (Wildman–Crippen MR) is 105 cm³/mol. The Morgan fingerprint density at radius 3 is 2.19 bits per heavy atom. The molecule has 0 aliphatic heterocycles. The normalized spacial score (nSPS) is 11.7. The lowest BCUT2D eigenvalue weighted by Crippen LogP contribution is -2.16. The zero-order chi connectivity index (χ0) is 18.1. The van der Waals surface area contributed by atoms with E-state index >= 15 is 0 Å². The smallest absolute Gasteiger partial charge is 0.238 e. The highest BCUT2D eigenvalue weighted by Gasteiger charge is 2.22. The molecule has 0 unspecified atom stereocenters. The Labute approximate surface area is 153 Å². The fraction of sp³-hybridized carbons (Fsp3) is 0.0909. The molecule has 130 valence electrons. The van der Waals surface area contributed by atoms with Gasteiger partial charge in [0.15, 0.2) is 0 Å². The topological polar surface area (TPSA) is 39.1 Å². The molecule has 1 heterocycles. The van der Waals surface area contributed by atoms with Crippen LogP contribution in [0, 0.1) is 6.92 Å². The summed E-state index contributed by atoms with van der Waals surface area (Å²) in [4.78, 5) is 0.304. The minimum absolute atomic E-state index is 0.304. The Morgan fingerprint density at radius 1 is 0.808 bits per heavy atom. The summed E-state index contributed by atoms with van der Waals surface area (Å²) >= 11 is 0. The number of hydrogen-bond donors (Lipinski definition) is 0. The summed E-state index contributed by atoms with van der Waals surface area (Å²) in [7, 11) is -3.67. The highest BCUT2D eigenvalue weighted by Crippen LogP contribution is 2.27. The fourth-order valence-corrected chi connectivity index (χ4v) is 4.76. The summed E-state index contributed by atoms with van der Waals surface area (Å²) in [5, 5.41) is 0.925. The molecular formula is C22H19NO2S. The van der Waals surface area contributed by atoms with E-state index in [4.69, 9.17) is 0 Å². The van der Waals surface area contributed by atoms with Crippen LogP contribution < -0.4 is 0 Å². The second-order valence-electron chi connectivity index (χ2n) is 6.44. The fourth-order valence-electron chi connectivity index (χ4n) is 3.21. The highest BCUT2D eigenvalue weighted by molar-refractivity contribution is 7.90. The van der Waals surface area contributed by atoms with Gasteiger partial charge in [-0.1, -0.05) is 66.2 Å². The van der Waals surface area contributed by atoms with Crippen LogP contribution >= 0.6 is 0 Å². The summed E-state index contributed by atoms with van der Waals surface area (Å²) in [6.45, 7) is 1.95. The molecule has 3 nitrogen and oxygen atoms in total. The monoisotopic (exact) mass is 361 g/mol. The van der Waals surface area contributed by atoms with Crippen LogP contribution in [-0.2, 0) is 16.4 Å². The van der Waals surface area contributed by atoms with E-state index in [1.807, 2.05) is 79.7 Å². The van der Waals surface area contributed by atoms with Crippen molar-refractivity contribution in [1.82, 2.24) is 3.97 Å². The van der Waals surface area contributed by atoms with E-state index in [1.54, 1.807) is 12.1 Å². The van der Waals surface area contributed by atoms with E-state index in [0.29, 0.717) is 16.8 Å². The van der Waals surface area contributed by atoms with Gasteiger partial charge in [0.05, 0.1) is 10.4 Å². The van der Waals surface area contributed by atoms with Crippen LogP contribution in [0.25, 0.3) is 10.9 Å². The third kappa shape index (κ3) is 2.93. The van der Waals surface area contributed by atoms with Gasteiger partial charge in [-0.05, 0) is 36.8 Å². The molecule has 0 aliphatic carbocycles. The van der Waals surface area contributed by atoms with Crippen molar-refractivity contribution in [3.63, 3.8) is 0 Å². The molecule has 0 aliphatic rings. The van der Waals surface area contributed by atoms with Crippen molar-refractivity contribution in [2.45, 2.75) is 18.2 Å². The van der Waals surface area contributed by atoms with Crippen LogP contribution in [0.2, 0.25) is 0 Å². The Balaban J connectivity index is 1.92. The van der Waals surface area contributed by atoms with Crippen molar-refractivity contribution < 1.29 is 8.42 Å². The van der Waals surface area contributed by atoms with Gasteiger partial charge in [0.2, 0.25) is 0 Å². The van der Waals surface area contributed by atoms with Crippen LogP contribution in [0.3, 0.4) is 0 Å². The Bertz CT molecular complexity index is 1160. The SMILES string of the molecule is Cc1ccc(S(=O)(=O)n2c(Cc3ccccc3)cc3ccccc32)cc1. The molecule has 4 aromatic rings. The largest absolute Gasteiger partial charge is 0.268 e. The maximum Gasteiger partial charge on any atom is 0.268 e. The Hall–Kier alpha value is -2.85. The van der Waals surface area contributed by atoms with Gasteiger partial charge in [-0.25, -0.2) is 12.4 Å². The number of fused-ring (bicyclic) bond motifs is 1. The summed E-state index contributed by atoms with van der Waals surface area (Å²) in [6.07, 6.45) is 0.556. The van der Waals surface area contributed by atoms with Crippen LogP contribution in [0.15, 0.2) is 89.8 Å². The second kappa shape index (κ2) is 6.46. The number of aryl methyl sites for hydroxylation is 1. The summed E-state index contributed by atoms with van der Waals surface area (Å²) in [5.41, 5.74) is 3.58. The van der Waals surface area contributed by atoms with Crippen LogP contribution in [-0.4, -0.2) is 12.4 Å². The van der Waals surface area contributed by atoms with E-state index in [-0.39, 0.29) is 0 Å². The summed E-state index contributed by atoms with van der Waals surface area (Å²) in [6, 6.07) is 26.5. The molecule has 1 aromatic heterocycles. The van der Waals surface area contributed by atoms with Gasteiger partial charge in [-0.15, -0.1) is 0 Å². The lowest BCUT2D eigenvalue weighted by molar-refractivity contribution is 0.587. The Kier molecular flexibility index (Phi) is 4.13. The molecule has 4 rings (SSSR count). The predicted octanol–water partition coefficient (Wildman–Crippen LogP) is 4.78. The lowest BCUT2D eigenvalue weighted by Gasteiger charge is -2.12. The van der Waals surface area contributed by atoms with Crippen molar-refractivity contribution in [1.29, 1.82) is 0 Å². The molecule has 4 heteroatoms. The molecule has 0 saturated heterocycles. The van der Waals surface area contributed by atoms with E-state index < -0.39 is 10.0 Å². The third-order valence-corrected chi connectivity index (χ3v) is 6.31. The first-order chi connectivity index (χ1) is 12.6. The van der Waals surface area contributed by atoms with Gasteiger partial charge in [0.1, 0.15) is 0 Å². The summed E-state index contributed by atoms with van der Waals surface area (Å²) < 4.78 is 28.3. The molecular weight excluding hydrogens is 342 g/mol. The zero-order valence-electron chi connectivity index (χ0n) is 14.5. The molecule has 26 heavy (non-hydrogen) atoms. The molecule has 0 spiro atoms. The first-order valence-electron chi connectivity index (χ1n) is 8.51. The molecule has 0 N–H and O–H groups in total. The van der Waals surface area contributed by atoms with Gasteiger partial charge in [0.25, 0.3) is 10.0 Å². The van der Waals surface area contributed by atoms with Crippen molar-refractivity contribution in [3.8, 4) is 0 Å². The van der Waals surface area contributed by atoms with Crippen LogP contribution in [0.4, 0.5) is 0 Å². The number of para-hydroxylation sites is 1. The molecule has 0 bridgehead atoms. The Morgan fingerprint density at radius 2 is 1.46 bits per heavy atom. The van der Waals surface area contributed by atoms with Gasteiger partial charge >= 0.3 is 0 Å². The maximum absolute atomic E-state index is 13.4. The van der Waals surface area contributed by atoms with E-state index in [2.05, 4.69) is 0 Å². The van der Waals surface area contributed by atoms with Gasteiger partial charge in [0, 0.05) is 17.5 Å². The van der Waals surface area contributed by atoms with Crippen molar-refractivity contribution >= 4 is 20.9 Å². The maximum atomic E-state index is 13.4. The van der Waals surface area contributed by atoms with E-state index in [1.165, 1.54) is 3.97 Å². The van der Waals surface area contributed by atoms with Crippen LogP contribution in [0.5, 0.6) is 0 Å². The van der Waals surface area contributed by atoms with Gasteiger partial charge < -0.3 is 0 Å². The van der Waals surface area contributed by atoms with Gasteiger partial charge in [-0.2, -0.15) is 0 Å². The average Bonchev–Trinajstić information content (AvgIpc) is 3.01. The number of aromatic nitrogens is 1. The van der Waals surface area contributed by atoms with E-state index in [0.717, 1.165) is 22.2 Å². The number of benzene rings is 3. The standard InChI is InChI=1S/C22H19NO2S/c1-17-11-13-21(14-12-17)26(24,25)23-20(15-18-7-3-2-4-8-18)16-19-9-5-6-10-22(19)23/h2-14,16H,15H2,1H3. The molecule has 0 amide bonds. The molecule has 0 saturated carbocycles. The minimum atomic E-state index is -3.67. The molecule has 0 radical (unpaired) electrons. The molecule has 3 aromatic carbocycles. The first-order valence-corrected chi connectivity index (χ1v) is 9.95. The third-order valence-electron chi connectivity index (χ3n) is 4.53. The highest BCUT2D eigenvalue weighted by atomic mass is 32.2. The van der Waals surface area contributed by atoms with Crippen LogP contribution in [0.1, 0.15) is 16.8 Å². The number of hydrogen-bond acceptors (Lipinski definition) is 2. The number of nitrogens with zero attached hydrogens (tertiary/aromatic N) is 1. The zero-order valence-corrected chi connectivity index (χ0v) is 15.3. The number of rotatable bonds is 4. The average molecular weight is 361 g/mol. The quantitative estimate of drug-likeness (QED) is 0.525. The van der Waals surface area contributed by atoms with Crippen molar-refractivity contribution in [2.24, 2.45) is 0 Å². The van der Waals surface area contributed by atoms with E-state index in [9.17, 15) is 8.42 Å². The molecule has 0 atom stereocenters. The van der Waals surface area contributed by atoms with Gasteiger partial charge in [-0.3, -0.25) is 0 Å². The van der Waals surface area contributed by atoms with Crippen molar-refractivity contribution in [2.75, 3.05) is 0 Å². The minimum Gasteiger partial charge on any atom is -0.238 e. The van der Waals surface area contributed by atoms with Crippen molar-refractivity contribution in [3.05, 3.63) is 102 Å². The summed E-state index contributed by atoms with van der Waals surface area (Å²) in [5.74, 6) is 0. The second-order valence-corrected chi connectivity index (χ2v) is 8.23. The lowest BCUT2D eigenvalue weighted by atomic mass is 10.1. The molecule has 0 fully saturated rings.